The second-order valence-electron chi connectivity index (χ2n) is 4.68. The molecule has 2 aromatic carbocycles. The molecule has 1 aliphatic rings. The fourth-order valence-electron chi connectivity index (χ4n) is 1.99. The minimum atomic E-state index is -0.382. The molecule has 1 aliphatic heterocycles. The van der Waals surface area contributed by atoms with E-state index < -0.39 is 0 Å². The number of amides is 1. The van der Waals surface area contributed by atoms with Crippen molar-refractivity contribution in [1.29, 1.82) is 0 Å². The average molecular weight is 311 g/mol. The number of ether oxygens (including phenoxy) is 1. The Bertz CT molecular complexity index is 723. The van der Waals surface area contributed by atoms with E-state index in [4.69, 9.17) is 4.74 Å². The summed E-state index contributed by atoms with van der Waals surface area (Å²) in [6.07, 6.45) is 1.94. The van der Waals surface area contributed by atoms with Gasteiger partial charge in [0.05, 0.1) is 12.1 Å². The van der Waals surface area contributed by atoms with Crippen LogP contribution in [0.2, 0.25) is 0 Å². The molecule has 1 fully saturated rings. The van der Waals surface area contributed by atoms with E-state index >= 15 is 0 Å². The number of esters is 1. The van der Waals surface area contributed by atoms with Gasteiger partial charge in [-0.3, -0.25) is 4.79 Å². The topological polar surface area (TPSA) is 55.4 Å². The van der Waals surface area contributed by atoms with E-state index in [1.165, 1.54) is 11.8 Å². The maximum Gasteiger partial charge on any atom is 0.343 e. The van der Waals surface area contributed by atoms with Crippen molar-refractivity contribution in [1.82, 2.24) is 5.32 Å². The Labute approximate surface area is 132 Å². The second kappa shape index (κ2) is 6.49. The molecule has 0 aliphatic carbocycles. The molecule has 0 bridgehead atoms. The van der Waals surface area contributed by atoms with E-state index in [-0.39, 0.29) is 11.2 Å². The van der Waals surface area contributed by atoms with Gasteiger partial charge in [0, 0.05) is 4.91 Å². The fraction of sp³-hybridized carbons (Fsp3) is 0.0588. The Balaban J connectivity index is 1.67. The highest BCUT2D eigenvalue weighted by atomic mass is 32.2. The molecule has 0 radical (unpaired) electrons. The van der Waals surface area contributed by atoms with Crippen LogP contribution in [0.25, 0.3) is 6.08 Å². The van der Waals surface area contributed by atoms with Crippen LogP contribution < -0.4 is 10.1 Å². The predicted molar refractivity (Wildman–Crippen MR) is 86.8 cm³/mol. The van der Waals surface area contributed by atoms with Gasteiger partial charge in [-0.25, -0.2) is 4.79 Å². The third-order valence-corrected chi connectivity index (χ3v) is 3.91. The molecule has 1 saturated heterocycles. The van der Waals surface area contributed by atoms with Gasteiger partial charge < -0.3 is 10.1 Å². The van der Waals surface area contributed by atoms with Crippen molar-refractivity contribution in [2.75, 3.05) is 6.54 Å². The summed E-state index contributed by atoms with van der Waals surface area (Å²) < 4.78 is 5.31. The van der Waals surface area contributed by atoms with Crippen LogP contribution in [0.5, 0.6) is 5.75 Å². The molecule has 1 N–H and O–H groups in total. The highest BCUT2D eigenvalue weighted by molar-refractivity contribution is 8.17. The SMILES string of the molecule is O=C1NC/C(=C/c2ccc(OC(=O)c3ccccc3)cc2)S1. The Morgan fingerprint density at radius 2 is 1.82 bits per heavy atom. The van der Waals surface area contributed by atoms with Gasteiger partial charge in [0.2, 0.25) is 0 Å². The van der Waals surface area contributed by atoms with Gasteiger partial charge in [-0.05, 0) is 47.7 Å². The molecule has 110 valence electrons. The zero-order chi connectivity index (χ0) is 15.4. The first-order valence-corrected chi connectivity index (χ1v) is 7.56. The molecule has 0 unspecified atom stereocenters. The summed E-state index contributed by atoms with van der Waals surface area (Å²) in [5, 5.41) is 2.70. The smallest absolute Gasteiger partial charge is 0.343 e. The lowest BCUT2D eigenvalue weighted by atomic mass is 10.2. The first-order valence-electron chi connectivity index (χ1n) is 6.74. The second-order valence-corrected chi connectivity index (χ2v) is 5.78. The van der Waals surface area contributed by atoms with Crippen molar-refractivity contribution in [2.45, 2.75) is 0 Å². The molecule has 0 aromatic heterocycles. The van der Waals surface area contributed by atoms with Crippen molar-refractivity contribution in [3.8, 4) is 5.75 Å². The minimum absolute atomic E-state index is 0.0281. The molecular weight excluding hydrogens is 298 g/mol. The molecule has 5 heteroatoms. The molecule has 0 spiro atoms. The summed E-state index contributed by atoms with van der Waals surface area (Å²) >= 11 is 1.20. The lowest BCUT2D eigenvalue weighted by Crippen LogP contribution is -2.09. The number of thioether (sulfide) groups is 1. The van der Waals surface area contributed by atoms with Gasteiger partial charge in [-0.15, -0.1) is 0 Å². The Morgan fingerprint density at radius 1 is 1.09 bits per heavy atom. The Hall–Kier alpha value is -2.53. The van der Waals surface area contributed by atoms with Crippen LogP contribution in [0.4, 0.5) is 4.79 Å². The molecular formula is C17H13NO3S. The molecule has 4 nitrogen and oxygen atoms in total. The largest absolute Gasteiger partial charge is 0.423 e. The van der Waals surface area contributed by atoms with Gasteiger partial charge in [-0.1, -0.05) is 30.3 Å². The van der Waals surface area contributed by atoms with E-state index in [9.17, 15) is 9.59 Å². The molecule has 2 aromatic rings. The van der Waals surface area contributed by atoms with E-state index in [2.05, 4.69) is 5.32 Å². The first kappa shape index (κ1) is 14.4. The summed E-state index contributed by atoms with van der Waals surface area (Å²) in [5.74, 6) is 0.108. The Kier molecular flexibility index (Phi) is 4.25. The standard InChI is InChI=1S/C17H13NO3S/c19-16(13-4-2-1-3-5-13)21-14-8-6-12(7-9-14)10-15-11-18-17(20)22-15/h1-10H,11H2,(H,18,20)/b15-10-. The Morgan fingerprint density at radius 3 is 2.45 bits per heavy atom. The van der Waals surface area contributed by atoms with Crippen LogP contribution in [-0.2, 0) is 0 Å². The maximum atomic E-state index is 11.9. The van der Waals surface area contributed by atoms with Gasteiger partial charge >= 0.3 is 5.97 Å². The quantitative estimate of drug-likeness (QED) is 0.693. The number of carbonyl (C=O) groups excluding carboxylic acids is 2. The number of benzene rings is 2. The molecule has 3 rings (SSSR count). The number of carbonyl (C=O) groups is 2. The summed E-state index contributed by atoms with van der Waals surface area (Å²) in [6, 6.07) is 16.0. The van der Waals surface area contributed by atoms with Crippen molar-refractivity contribution in [3.05, 3.63) is 70.6 Å². The zero-order valence-electron chi connectivity index (χ0n) is 11.6. The lowest BCUT2D eigenvalue weighted by molar-refractivity contribution is 0.0734. The summed E-state index contributed by atoms with van der Waals surface area (Å²) in [5.41, 5.74) is 1.47. The van der Waals surface area contributed by atoms with Crippen molar-refractivity contribution >= 4 is 29.0 Å². The van der Waals surface area contributed by atoms with Gasteiger partial charge in [-0.2, -0.15) is 0 Å². The van der Waals surface area contributed by atoms with E-state index in [1.54, 1.807) is 36.4 Å². The van der Waals surface area contributed by atoms with Gasteiger partial charge in [0.15, 0.2) is 0 Å². The number of rotatable bonds is 3. The molecule has 0 saturated carbocycles. The van der Waals surface area contributed by atoms with Crippen molar-refractivity contribution in [2.24, 2.45) is 0 Å². The number of nitrogens with one attached hydrogen (secondary N) is 1. The van der Waals surface area contributed by atoms with Gasteiger partial charge in [0.25, 0.3) is 5.24 Å². The van der Waals surface area contributed by atoms with Crippen LogP contribution in [-0.4, -0.2) is 17.8 Å². The van der Waals surface area contributed by atoms with E-state index in [1.807, 2.05) is 24.3 Å². The molecule has 1 heterocycles. The normalized spacial score (nSPS) is 15.6. The summed E-state index contributed by atoms with van der Waals surface area (Å²) in [7, 11) is 0. The van der Waals surface area contributed by atoms with Crippen LogP contribution in [0, 0.1) is 0 Å². The van der Waals surface area contributed by atoms with Crippen LogP contribution in [0.3, 0.4) is 0 Å². The zero-order valence-corrected chi connectivity index (χ0v) is 12.4. The van der Waals surface area contributed by atoms with Crippen LogP contribution in [0.15, 0.2) is 59.5 Å². The van der Waals surface area contributed by atoms with Crippen LogP contribution >= 0.6 is 11.8 Å². The molecule has 1 amide bonds. The highest BCUT2D eigenvalue weighted by Gasteiger charge is 2.15. The highest BCUT2D eigenvalue weighted by Crippen LogP contribution is 2.25. The van der Waals surface area contributed by atoms with Crippen molar-refractivity contribution < 1.29 is 14.3 Å². The van der Waals surface area contributed by atoms with Crippen LogP contribution in [0.1, 0.15) is 15.9 Å². The maximum absolute atomic E-state index is 11.9. The summed E-state index contributed by atoms with van der Waals surface area (Å²) in [4.78, 5) is 24.0. The number of hydrogen-bond donors (Lipinski definition) is 1. The third-order valence-electron chi connectivity index (χ3n) is 3.06. The lowest BCUT2D eigenvalue weighted by Gasteiger charge is -2.04. The molecule has 0 atom stereocenters. The van der Waals surface area contributed by atoms with Crippen molar-refractivity contribution in [3.63, 3.8) is 0 Å². The first-order chi connectivity index (χ1) is 10.7. The van der Waals surface area contributed by atoms with E-state index in [0.29, 0.717) is 17.9 Å². The summed E-state index contributed by atoms with van der Waals surface area (Å²) in [6.45, 7) is 0.564. The predicted octanol–water partition coefficient (Wildman–Crippen LogP) is 3.70. The monoisotopic (exact) mass is 311 g/mol. The van der Waals surface area contributed by atoms with E-state index in [0.717, 1.165) is 10.5 Å². The van der Waals surface area contributed by atoms with Gasteiger partial charge in [0.1, 0.15) is 5.75 Å². The molecule has 22 heavy (non-hydrogen) atoms. The minimum Gasteiger partial charge on any atom is -0.423 e. The average Bonchev–Trinajstić information content (AvgIpc) is 2.95. The fourth-order valence-corrected chi connectivity index (χ4v) is 2.71. The third kappa shape index (κ3) is 3.56. The number of hydrogen-bond acceptors (Lipinski definition) is 4.